The Morgan fingerprint density at radius 3 is 2.37 bits per heavy atom. The Morgan fingerprint density at radius 1 is 1.16 bits per heavy atom. The highest BCUT2D eigenvalue weighted by Crippen LogP contribution is 2.34. The molecule has 0 saturated carbocycles. The Bertz CT molecular complexity index is 534. The number of rotatable bonds is 1. The molecule has 19 heavy (non-hydrogen) atoms. The third-order valence-corrected chi connectivity index (χ3v) is 3.76. The molecule has 5 nitrogen and oxygen atoms in total. The van der Waals surface area contributed by atoms with Gasteiger partial charge >= 0.3 is 6.03 Å². The average Bonchev–Trinajstić information content (AvgIpc) is 2.78. The molecule has 0 spiro atoms. The van der Waals surface area contributed by atoms with E-state index in [1.807, 2.05) is 0 Å². The first-order valence-electron chi connectivity index (χ1n) is 5.76. The van der Waals surface area contributed by atoms with Crippen LogP contribution in [0.1, 0.15) is 6.42 Å². The minimum atomic E-state index is -0.636. The van der Waals surface area contributed by atoms with Crippen LogP contribution in [0.15, 0.2) is 18.2 Å². The number of anilines is 1. The Labute approximate surface area is 119 Å². The minimum absolute atomic E-state index is 0.181. The molecule has 1 N–H and O–H groups in total. The molecule has 2 fully saturated rings. The molecule has 2 atom stereocenters. The van der Waals surface area contributed by atoms with Crippen molar-refractivity contribution in [2.24, 2.45) is 0 Å². The summed E-state index contributed by atoms with van der Waals surface area (Å²) in [7, 11) is 0. The molecule has 0 bridgehead atoms. The van der Waals surface area contributed by atoms with Gasteiger partial charge in [0.25, 0.3) is 5.91 Å². The van der Waals surface area contributed by atoms with Crippen LogP contribution in [0, 0.1) is 0 Å². The van der Waals surface area contributed by atoms with E-state index in [9.17, 15) is 14.7 Å². The van der Waals surface area contributed by atoms with E-state index in [-0.39, 0.29) is 18.9 Å². The van der Waals surface area contributed by atoms with E-state index in [2.05, 4.69) is 0 Å². The molecule has 3 amide bonds. The Balaban J connectivity index is 1.98. The van der Waals surface area contributed by atoms with Crippen LogP contribution >= 0.6 is 23.2 Å². The summed E-state index contributed by atoms with van der Waals surface area (Å²) in [6.07, 6.45) is -0.363. The molecule has 0 aromatic heterocycles. The molecule has 1 unspecified atom stereocenters. The zero-order valence-corrected chi connectivity index (χ0v) is 11.2. The van der Waals surface area contributed by atoms with Gasteiger partial charge in [-0.2, -0.15) is 0 Å². The summed E-state index contributed by atoms with van der Waals surface area (Å²) in [5.41, 5.74) is 0.358. The predicted octanol–water partition coefficient (Wildman–Crippen LogP) is 1.90. The highest BCUT2D eigenvalue weighted by molar-refractivity contribution is 6.35. The van der Waals surface area contributed by atoms with Crippen molar-refractivity contribution in [1.29, 1.82) is 0 Å². The summed E-state index contributed by atoms with van der Waals surface area (Å²) in [4.78, 5) is 26.9. The number of hydrogen-bond acceptors (Lipinski definition) is 3. The molecule has 2 saturated heterocycles. The maximum absolute atomic E-state index is 12.2. The second-order valence-corrected chi connectivity index (χ2v) is 5.51. The van der Waals surface area contributed by atoms with Crippen molar-refractivity contribution >= 4 is 40.8 Å². The molecule has 2 aliphatic heterocycles. The summed E-state index contributed by atoms with van der Waals surface area (Å²) < 4.78 is 0. The van der Waals surface area contributed by atoms with Gasteiger partial charge in [-0.3, -0.25) is 4.79 Å². The number of nitrogens with zero attached hydrogens (tertiary/aromatic N) is 2. The number of fused-ring (bicyclic) bond motifs is 1. The number of urea groups is 1. The lowest BCUT2D eigenvalue weighted by atomic mass is 10.2. The molecule has 1 aromatic carbocycles. The maximum atomic E-state index is 12.2. The van der Waals surface area contributed by atoms with E-state index in [0.29, 0.717) is 15.7 Å². The zero-order chi connectivity index (χ0) is 13.7. The van der Waals surface area contributed by atoms with E-state index in [1.165, 1.54) is 23.1 Å². The Kier molecular flexibility index (Phi) is 2.92. The van der Waals surface area contributed by atoms with Gasteiger partial charge in [-0.1, -0.05) is 23.2 Å². The smallest absolute Gasteiger partial charge is 0.332 e. The van der Waals surface area contributed by atoms with Crippen LogP contribution in [0.3, 0.4) is 0 Å². The van der Waals surface area contributed by atoms with Crippen molar-refractivity contribution < 1.29 is 14.7 Å². The van der Waals surface area contributed by atoms with Gasteiger partial charge in [-0.15, -0.1) is 0 Å². The van der Waals surface area contributed by atoms with Crippen LogP contribution in [0.5, 0.6) is 0 Å². The molecule has 0 aliphatic carbocycles. The molecule has 7 heteroatoms. The second kappa shape index (κ2) is 4.37. The van der Waals surface area contributed by atoms with Crippen LogP contribution in [0.25, 0.3) is 0 Å². The third-order valence-electron chi connectivity index (χ3n) is 3.33. The van der Waals surface area contributed by atoms with E-state index in [0.717, 1.165) is 4.90 Å². The number of carbonyl (C=O) groups is 2. The van der Waals surface area contributed by atoms with Crippen molar-refractivity contribution in [1.82, 2.24) is 4.90 Å². The number of imide groups is 1. The van der Waals surface area contributed by atoms with Crippen molar-refractivity contribution in [3.63, 3.8) is 0 Å². The quantitative estimate of drug-likeness (QED) is 0.806. The van der Waals surface area contributed by atoms with Crippen LogP contribution in [0.2, 0.25) is 10.0 Å². The van der Waals surface area contributed by atoms with Gasteiger partial charge in [-0.25, -0.2) is 9.69 Å². The van der Waals surface area contributed by atoms with Gasteiger partial charge in [0.1, 0.15) is 6.04 Å². The van der Waals surface area contributed by atoms with Crippen molar-refractivity contribution in [3.8, 4) is 0 Å². The Morgan fingerprint density at radius 2 is 1.79 bits per heavy atom. The van der Waals surface area contributed by atoms with E-state index < -0.39 is 18.2 Å². The van der Waals surface area contributed by atoms with Gasteiger partial charge < -0.3 is 10.0 Å². The topological polar surface area (TPSA) is 60.9 Å². The lowest BCUT2D eigenvalue weighted by Gasteiger charge is -2.16. The first kappa shape index (κ1) is 12.7. The number of carbonyl (C=O) groups excluding carboxylic acids is 2. The van der Waals surface area contributed by atoms with Gasteiger partial charge in [0.05, 0.1) is 11.8 Å². The summed E-state index contributed by atoms with van der Waals surface area (Å²) in [6.45, 7) is 0.181. The number of amides is 3. The molecule has 2 aliphatic rings. The number of halogens is 2. The van der Waals surface area contributed by atoms with Crippen molar-refractivity contribution in [2.45, 2.75) is 18.6 Å². The summed E-state index contributed by atoms with van der Waals surface area (Å²) >= 11 is 11.8. The number of hydrogen-bond donors (Lipinski definition) is 1. The molecular formula is C12H10Cl2N2O3. The SMILES string of the molecule is O=C1C2C[C@@H](O)CN2C(=O)N1c1cc(Cl)cc(Cl)c1. The van der Waals surface area contributed by atoms with E-state index in [1.54, 1.807) is 0 Å². The fourth-order valence-electron chi connectivity index (χ4n) is 2.54. The van der Waals surface area contributed by atoms with Gasteiger partial charge in [0.2, 0.25) is 0 Å². The summed E-state index contributed by atoms with van der Waals surface area (Å²) in [6, 6.07) is 3.54. The molecule has 100 valence electrons. The fourth-order valence-corrected chi connectivity index (χ4v) is 3.05. The first-order valence-corrected chi connectivity index (χ1v) is 6.51. The van der Waals surface area contributed by atoms with Crippen LogP contribution in [-0.2, 0) is 4.79 Å². The number of benzene rings is 1. The van der Waals surface area contributed by atoms with Crippen LogP contribution < -0.4 is 4.90 Å². The molecule has 3 rings (SSSR count). The normalized spacial score (nSPS) is 26.3. The highest BCUT2D eigenvalue weighted by atomic mass is 35.5. The van der Waals surface area contributed by atoms with Crippen molar-refractivity contribution in [3.05, 3.63) is 28.2 Å². The van der Waals surface area contributed by atoms with Gasteiger partial charge in [0, 0.05) is 23.0 Å². The standard InChI is InChI=1S/C12H10Cl2N2O3/c13-6-1-7(14)3-8(2-6)16-11(18)10-4-9(17)5-15(10)12(16)19/h1-3,9-10,17H,4-5H2/t9-,10?/m1/s1. The van der Waals surface area contributed by atoms with Crippen molar-refractivity contribution in [2.75, 3.05) is 11.4 Å². The average molecular weight is 301 g/mol. The molecular weight excluding hydrogens is 291 g/mol. The van der Waals surface area contributed by atoms with Crippen LogP contribution in [-0.4, -0.2) is 40.6 Å². The Hall–Kier alpha value is -1.30. The summed E-state index contributed by atoms with van der Waals surface area (Å²) in [5, 5.41) is 10.2. The highest BCUT2D eigenvalue weighted by Gasteiger charge is 2.50. The minimum Gasteiger partial charge on any atom is -0.391 e. The van der Waals surface area contributed by atoms with E-state index >= 15 is 0 Å². The fraction of sp³-hybridized carbons (Fsp3) is 0.333. The first-order chi connectivity index (χ1) is 8.97. The maximum Gasteiger partial charge on any atom is 0.332 e. The molecule has 0 radical (unpaired) electrons. The van der Waals surface area contributed by atoms with Crippen LogP contribution in [0.4, 0.5) is 10.5 Å². The largest absolute Gasteiger partial charge is 0.391 e. The third kappa shape index (κ3) is 1.98. The monoisotopic (exact) mass is 300 g/mol. The number of aliphatic hydroxyl groups is 1. The summed E-state index contributed by atoms with van der Waals surface area (Å²) in [5.74, 6) is -0.347. The second-order valence-electron chi connectivity index (χ2n) is 4.64. The predicted molar refractivity (Wildman–Crippen MR) is 70.5 cm³/mol. The van der Waals surface area contributed by atoms with Gasteiger partial charge in [-0.05, 0) is 18.2 Å². The molecule has 2 heterocycles. The molecule has 1 aromatic rings. The van der Waals surface area contributed by atoms with E-state index in [4.69, 9.17) is 23.2 Å². The van der Waals surface area contributed by atoms with Gasteiger partial charge in [0.15, 0.2) is 0 Å². The zero-order valence-electron chi connectivity index (χ0n) is 9.72. The lowest BCUT2D eigenvalue weighted by Crippen LogP contribution is -2.35. The lowest BCUT2D eigenvalue weighted by molar-refractivity contribution is -0.119. The number of aliphatic hydroxyl groups excluding tert-OH is 1.